The molecule has 2 unspecified atom stereocenters. The third-order valence-electron chi connectivity index (χ3n) is 15.7. The first-order chi connectivity index (χ1) is 31.7. The zero-order valence-electron chi connectivity index (χ0n) is 44.1. The van der Waals surface area contributed by atoms with E-state index in [1.54, 1.807) is 0 Å². The summed E-state index contributed by atoms with van der Waals surface area (Å²) in [4.78, 5) is 0. The molecule has 0 fully saturated rings. The maximum atomic E-state index is 9.15. The average Bonchev–Trinajstić information content (AvgIpc) is 3.88. The Morgan fingerprint density at radius 1 is 0.426 bits per heavy atom. The van der Waals surface area contributed by atoms with Gasteiger partial charge in [-0.25, -0.2) is 0 Å². The molecule has 0 N–H and O–H groups in total. The van der Waals surface area contributed by atoms with Crippen LogP contribution < -0.4 is 0 Å². The van der Waals surface area contributed by atoms with Crippen LogP contribution in [0.3, 0.4) is 0 Å². The van der Waals surface area contributed by atoms with Crippen LogP contribution in [-0.2, 0) is 37.2 Å². The Morgan fingerprint density at radius 3 is 1.00 bits per heavy atom. The summed E-state index contributed by atoms with van der Waals surface area (Å²) in [7, 11) is 18.3. The summed E-state index contributed by atoms with van der Waals surface area (Å²) in [5.41, 5.74) is 23.5. The predicted octanol–water partition coefficient (Wildman–Crippen LogP) is 19.9. The second-order valence-electron chi connectivity index (χ2n) is 24.7. The topological polar surface area (TPSA) is 0 Å². The summed E-state index contributed by atoms with van der Waals surface area (Å²) < 4.78 is -0.0227. The molecule has 0 bridgehead atoms. The number of hydrogen-bond acceptors (Lipinski definition) is 0. The molecule has 6 aromatic rings. The first kappa shape index (κ1) is 50.9. The molecule has 2 aliphatic carbocycles. The van der Waals surface area contributed by atoms with Gasteiger partial charge in [-0.2, -0.15) is 0 Å². The van der Waals surface area contributed by atoms with Gasteiger partial charge in [0, 0.05) is 0 Å². The molecular weight excluding hydrogens is 959 g/mol. The SMILES string of the molecule is CCC1=Cc2c(ccc(-c3ccccc3)c2-c2cc(C(C)(C)C)cc(C(C)(C)C)c2)[CH]1[Zr]([Cl])([Cl])([CH]1C(CC)=Cc2c1ccc(-c1ccccc1)c2-c1cc(C(C)(C)C)cc(C(C)(C)C)c1)[SiH](C)C. The quantitative estimate of drug-likeness (QED) is 0.127. The van der Waals surface area contributed by atoms with Gasteiger partial charge in [0.1, 0.15) is 0 Å². The minimum absolute atomic E-state index is 0.0113. The van der Waals surface area contributed by atoms with Crippen molar-refractivity contribution in [2.24, 2.45) is 0 Å². The van der Waals surface area contributed by atoms with Crippen LogP contribution in [-0.4, -0.2) is 5.92 Å². The van der Waals surface area contributed by atoms with E-state index in [9.17, 15) is 0 Å². The van der Waals surface area contributed by atoms with E-state index in [1.807, 2.05) is 0 Å². The monoisotopic (exact) mass is 1030 g/mol. The van der Waals surface area contributed by atoms with Crippen LogP contribution in [0, 0.1) is 0 Å². The molecule has 0 aromatic heterocycles. The molecule has 0 heterocycles. The fourth-order valence-electron chi connectivity index (χ4n) is 11.4. The van der Waals surface area contributed by atoms with Crippen LogP contribution in [0.4, 0.5) is 0 Å². The molecule has 0 amide bonds. The Morgan fingerprint density at radius 2 is 0.735 bits per heavy atom. The molecule has 2 aliphatic rings. The van der Waals surface area contributed by atoms with Crippen LogP contribution in [0.5, 0.6) is 0 Å². The van der Waals surface area contributed by atoms with Gasteiger partial charge in [-0.15, -0.1) is 0 Å². The van der Waals surface area contributed by atoms with Gasteiger partial charge in [0.15, 0.2) is 0 Å². The fraction of sp³-hybridized carbons (Fsp3) is 0.375. The molecule has 2 atom stereocenters. The zero-order valence-corrected chi connectivity index (χ0v) is 49.2. The molecule has 68 heavy (non-hydrogen) atoms. The van der Waals surface area contributed by atoms with Crippen molar-refractivity contribution in [3.8, 4) is 44.5 Å². The summed E-state index contributed by atoms with van der Waals surface area (Å²) in [6.45, 7) is 37.8. The zero-order chi connectivity index (χ0) is 49.5. The minimum atomic E-state index is -5.18. The van der Waals surface area contributed by atoms with E-state index in [0.717, 1.165) is 12.8 Å². The molecule has 0 radical (unpaired) electrons. The van der Waals surface area contributed by atoms with Crippen molar-refractivity contribution < 1.29 is 15.6 Å². The van der Waals surface area contributed by atoms with Gasteiger partial charge in [0.25, 0.3) is 0 Å². The third-order valence-corrected chi connectivity index (χ3v) is 67.5. The van der Waals surface area contributed by atoms with Gasteiger partial charge in [0.2, 0.25) is 0 Å². The summed E-state index contributed by atoms with van der Waals surface area (Å²) in [6.07, 6.45) is 6.91. The number of allylic oxidation sites excluding steroid dienone is 2. The Hall–Kier alpha value is -3.52. The molecular formula is C64H77Cl2SiZr. The van der Waals surface area contributed by atoms with Crippen LogP contribution in [0.2, 0.25) is 13.1 Å². The van der Waals surface area contributed by atoms with Gasteiger partial charge >= 0.3 is 424 Å². The Balaban J connectivity index is 1.44. The van der Waals surface area contributed by atoms with E-state index < -0.39 is 21.5 Å². The van der Waals surface area contributed by atoms with Gasteiger partial charge in [-0.1, -0.05) is 0 Å². The standard InChI is InChI=1S/2C31H35.C2H7Si.2ClH.Zr/c2*1-8-21-16-23-14-15-27(22-12-10-9-11-13-22)29(28(23)17-21)24-18-25(30(2,3)4)20-26(19-24)31(5,6)7;1-3-2;;;/h2*9-20H,8H2,1-7H3;3H,1-2H3;2*1H;/q;;;;;+2/p-2. The summed E-state index contributed by atoms with van der Waals surface area (Å²) in [6, 6.07) is 46.5. The molecule has 0 saturated heterocycles. The number of halogens is 2. The van der Waals surface area contributed by atoms with Crippen LogP contribution in [0.25, 0.3) is 56.7 Å². The van der Waals surface area contributed by atoms with Crippen LogP contribution in [0.15, 0.2) is 132 Å². The van der Waals surface area contributed by atoms with E-state index in [0.29, 0.717) is 0 Å². The number of hydrogen-bond donors (Lipinski definition) is 0. The number of fused-ring (bicyclic) bond motifs is 2. The van der Waals surface area contributed by atoms with E-state index in [2.05, 4.69) is 244 Å². The van der Waals surface area contributed by atoms with Crippen LogP contribution >= 0.6 is 17.0 Å². The third kappa shape index (κ3) is 8.95. The van der Waals surface area contributed by atoms with Gasteiger partial charge in [-0.3, -0.25) is 0 Å². The van der Waals surface area contributed by atoms with Crippen molar-refractivity contribution >= 4 is 35.1 Å². The molecule has 0 nitrogen and oxygen atoms in total. The fourth-order valence-corrected chi connectivity index (χ4v) is 43.2. The number of benzene rings is 6. The summed E-state index contributed by atoms with van der Waals surface area (Å²) in [5.74, 6) is -1.83. The second-order valence-corrected chi connectivity index (χ2v) is 67.2. The Labute approximate surface area is 420 Å². The molecule has 6 aromatic carbocycles. The predicted molar refractivity (Wildman–Crippen MR) is 302 cm³/mol. The van der Waals surface area contributed by atoms with E-state index >= 15 is 0 Å². The molecule has 8 rings (SSSR count). The van der Waals surface area contributed by atoms with Crippen LogP contribution in [0.1, 0.15) is 162 Å². The number of rotatable bonds is 9. The second kappa shape index (κ2) is 18.0. The van der Waals surface area contributed by atoms with Crippen molar-refractivity contribution in [1.82, 2.24) is 0 Å². The van der Waals surface area contributed by atoms with Gasteiger partial charge in [-0.05, 0) is 0 Å². The Bertz CT molecular complexity index is 2700. The summed E-state index contributed by atoms with van der Waals surface area (Å²) >= 11 is -5.18. The Kier molecular flexibility index (Phi) is 13.4. The van der Waals surface area contributed by atoms with Crippen molar-refractivity contribution in [2.75, 3.05) is 0 Å². The van der Waals surface area contributed by atoms with Crippen molar-refractivity contribution in [1.29, 1.82) is 0 Å². The maximum absolute atomic E-state index is 9.15. The van der Waals surface area contributed by atoms with Crippen molar-refractivity contribution in [2.45, 2.75) is 152 Å². The van der Waals surface area contributed by atoms with Crippen molar-refractivity contribution in [3.05, 3.63) is 177 Å². The molecule has 0 spiro atoms. The normalized spacial score (nSPS) is 17.1. The van der Waals surface area contributed by atoms with Gasteiger partial charge < -0.3 is 0 Å². The average molecular weight is 1040 g/mol. The van der Waals surface area contributed by atoms with Gasteiger partial charge in [0.05, 0.1) is 0 Å². The summed E-state index contributed by atoms with van der Waals surface area (Å²) in [5, 5.41) is 0. The van der Waals surface area contributed by atoms with E-state index in [-0.39, 0.29) is 28.9 Å². The first-order valence-electron chi connectivity index (χ1n) is 25.4. The van der Waals surface area contributed by atoms with Crippen molar-refractivity contribution in [3.63, 3.8) is 0 Å². The molecule has 0 aliphatic heterocycles. The molecule has 0 saturated carbocycles. The van der Waals surface area contributed by atoms with E-state index in [1.165, 1.54) is 100 Å². The molecule has 355 valence electrons. The molecule has 4 heteroatoms. The first-order valence-corrected chi connectivity index (χ1v) is 41.7. The van der Waals surface area contributed by atoms with E-state index in [4.69, 9.17) is 17.0 Å².